The van der Waals surface area contributed by atoms with E-state index in [-0.39, 0.29) is 5.97 Å². The number of carbonyl (C=O) groups is 1. The van der Waals surface area contributed by atoms with Gasteiger partial charge in [-0.15, -0.1) is 11.3 Å². The SMILES string of the molecule is COC(=O)c1ccc(C)c(NCc2csc(C)n2)c1. The zero-order chi connectivity index (χ0) is 13.8. The number of carbonyl (C=O) groups excluding carboxylic acids is 1. The molecule has 0 aliphatic heterocycles. The van der Waals surface area contributed by atoms with Gasteiger partial charge in [-0.25, -0.2) is 9.78 Å². The van der Waals surface area contributed by atoms with E-state index in [1.54, 1.807) is 23.5 Å². The molecule has 0 amide bonds. The number of hydrogen-bond donors (Lipinski definition) is 1. The van der Waals surface area contributed by atoms with Crippen LogP contribution >= 0.6 is 11.3 Å². The van der Waals surface area contributed by atoms with Gasteiger partial charge in [0, 0.05) is 11.1 Å². The summed E-state index contributed by atoms with van der Waals surface area (Å²) in [6.07, 6.45) is 0. The number of aromatic nitrogens is 1. The molecule has 4 nitrogen and oxygen atoms in total. The third kappa shape index (κ3) is 3.32. The number of anilines is 1. The minimum Gasteiger partial charge on any atom is -0.465 e. The number of hydrogen-bond acceptors (Lipinski definition) is 5. The summed E-state index contributed by atoms with van der Waals surface area (Å²) in [7, 11) is 1.38. The van der Waals surface area contributed by atoms with E-state index in [1.807, 2.05) is 25.3 Å². The fourth-order valence-corrected chi connectivity index (χ4v) is 2.35. The molecule has 0 atom stereocenters. The summed E-state index contributed by atoms with van der Waals surface area (Å²) in [4.78, 5) is 15.9. The Morgan fingerprint density at radius 2 is 2.21 bits per heavy atom. The Morgan fingerprint density at radius 1 is 1.42 bits per heavy atom. The molecule has 0 saturated carbocycles. The van der Waals surface area contributed by atoms with Crippen molar-refractivity contribution in [1.82, 2.24) is 4.98 Å². The van der Waals surface area contributed by atoms with E-state index >= 15 is 0 Å². The van der Waals surface area contributed by atoms with Gasteiger partial charge in [0.25, 0.3) is 0 Å². The van der Waals surface area contributed by atoms with Gasteiger partial charge in [-0.1, -0.05) is 6.07 Å². The minimum atomic E-state index is -0.326. The Morgan fingerprint density at radius 3 is 2.84 bits per heavy atom. The number of methoxy groups -OCH3 is 1. The molecular formula is C14H16N2O2S. The molecule has 0 aliphatic carbocycles. The number of ether oxygens (including phenoxy) is 1. The molecule has 0 spiro atoms. The van der Waals surface area contributed by atoms with E-state index in [1.165, 1.54) is 7.11 Å². The van der Waals surface area contributed by atoms with Gasteiger partial charge in [-0.05, 0) is 31.5 Å². The number of benzene rings is 1. The van der Waals surface area contributed by atoms with Gasteiger partial charge in [0.05, 0.1) is 29.9 Å². The molecule has 0 radical (unpaired) electrons. The van der Waals surface area contributed by atoms with Crippen LogP contribution in [0, 0.1) is 13.8 Å². The van der Waals surface area contributed by atoms with Gasteiger partial charge in [-0.2, -0.15) is 0 Å². The van der Waals surface area contributed by atoms with Crippen LogP contribution in [0.25, 0.3) is 0 Å². The first kappa shape index (κ1) is 13.5. The maximum Gasteiger partial charge on any atom is 0.337 e. The number of nitrogens with zero attached hydrogens (tertiary/aromatic N) is 1. The van der Waals surface area contributed by atoms with Gasteiger partial charge in [0.15, 0.2) is 0 Å². The van der Waals surface area contributed by atoms with Crippen molar-refractivity contribution in [2.45, 2.75) is 20.4 Å². The molecule has 1 aromatic heterocycles. The Labute approximate surface area is 116 Å². The van der Waals surface area contributed by atoms with Crippen molar-refractivity contribution in [3.63, 3.8) is 0 Å². The molecule has 1 aromatic carbocycles. The molecule has 0 bridgehead atoms. The molecule has 2 rings (SSSR count). The van der Waals surface area contributed by atoms with Gasteiger partial charge in [0.2, 0.25) is 0 Å². The fraction of sp³-hybridized carbons (Fsp3) is 0.286. The number of aryl methyl sites for hydroxylation is 2. The average molecular weight is 276 g/mol. The number of esters is 1. The Kier molecular flexibility index (Phi) is 4.16. The normalized spacial score (nSPS) is 10.3. The summed E-state index contributed by atoms with van der Waals surface area (Å²) in [6, 6.07) is 5.47. The van der Waals surface area contributed by atoms with Crippen molar-refractivity contribution in [2.24, 2.45) is 0 Å². The number of nitrogens with one attached hydrogen (secondary N) is 1. The highest BCUT2D eigenvalue weighted by molar-refractivity contribution is 7.09. The topological polar surface area (TPSA) is 51.2 Å². The first-order valence-electron chi connectivity index (χ1n) is 5.94. The second kappa shape index (κ2) is 5.84. The summed E-state index contributed by atoms with van der Waals surface area (Å²) in [6.45, 7) is 4.63. The highest BCUT2D eigenvalue weighted by Gasteiger charge is 2.08. The quantitative estimate of drug-likeness (QED) is 0.872. The van der Waals surface area contributed by atoms with Crippen LogP contribution in [-0.2, 0) is 11.3 Å². The predicted molar refractivity (Wildman–Crippen MR) is 76.7 cm³/mol. The minimum absolute atomic E-state index is 0.326. The standard InChI is InChI=1S/C14H16N2O2S/c1-9-4-5-11(14(17)18-3)6-13(9)15-7-12-8-19-10(2)16-12/h4-6,8,15H,7H2,1-3H3. The lowest BCUT2D eigenvalue weighted by Gasteiger charge is -2.10. The molecule has 100 valence electrons. The second-order valence-corrected chi connectivity index (χ2v) is 5.29. The van der Waals surface area contributed by atoms with Crippen LogP contribution in [0.15, 0.2) is 23.6 Å². The van der Waals surface area contributed by atoms with E-state index in [0.29, 0.717) is 12.1 Å². The smallest absolute Gasteiger partial charge is 0.337 e. The number of rotatable bonds is 4. The summed E-state index contributed by atoms with van der Waals surface area (Å²) in [5, 5.41) is 6.38. The van der Waals surface area contributed by atoms with Crippen LogP contribution in [0.3, 0.4) is 0 Å². The summed E-state index contributed by atoms with van der Waals surface area (Å²) in [5.74, 6) is -0.326. The molecular weight excluding hydrogens is 260 g/mol. The lowest BCUT2D eigenvalue weighted by molar-refractivity contribution is 0.0601. The Hall–Kier alpha value is -1.88. The van der Waals surface area contributed by atoms with Gasteiger partial charge >= 0.3 is 5.97 Å². The lowest BCUT2D eigenvalue weighted by Crippen LogP contribution is -2.05. The molecule has 0 unspecified atom stereocenters. The lowest BCUT2D eigenvalue weighted by atomic mass is 10.1. The molecule has 0 saturated heterocycles. The van der Waals surface area contributed by atoms with Gasteiger partial charge in [-0.3, -0.25) is 0 Å². The van der Waals surface area contributed by atoms with Crippen molar-refractivity contribution < 1.29 is 9.53 Å². The van der Waals surface area contributed by atoms with Crippen molar-refractivity contribution in [3.05, 3.63) is 45.4 Å². The van der Waals surface area contributed by atoms with E-state index in [4.69, 9.17) is 4.74 Å². The third-order valence-electron chi connectivity index (χ3n) is 2.79. The number of thiazole rings is 1. The van der Waals surface area contributed by atoms with E-state index in [2.05, 4.69) is 10.3 Å². The molecule has 0 fully saturated rings. The molecule has 1 heterocycles. The van der Waals surface area contributed by atoms with Crippen LogP contribution in [0.2, 0.25) is 0 Å². The zero-order valence-corrected chi connectivity index (χ0v) is 12.0. The van der Waals surface area contributed by atoms with Crippen LogP contribution in [0.4, 0.5) is 5.69 Å². The van der Waals surface area contributed by atoms with Crippen molar-refractivity contribution in [3.8, 4) is 0 Å². The average Bonchev–Trinajstić information content (AvgIpc) is 2.82. The predicted octanol–water partition coefficient (Wildman–Crippen LogP) is 3.16. The van der Waals surface area contributed by atoms with Crippen LogP contribution in [-0.4, -0.2) is 18.1 Å². The maximum atomic E-state index is 11.5. The summed E-state index contributed by atoms with van der Waals surface area (Å²) < 4.78 is 4.72. The molecule has 2 aromatic rings. The van der Waals surface area contributed by atoms with Crippen molar-refractivity contribution >= 4 is 23.0 Å². The Bertz CT molecular complexity index is 593. The first-order chi connectivity index (χ1) is 9.10. The highest BCUT2D eigenvalue weighted by atomic mass is 32.1. The van der Waals surface area contributed by atoms with Crippen LogP contribution in [0.1, 0.15) is 26.6 Å². The molecule has 0 aliphatic rings. The molecule has 1 N–H and O–H groups in total. The monoisotopic (exact) mass is 276 g/mol. The largest absolute Gasteiger partial charge is 0.465 e. The van der Waals surface area contributed by atoms with Crippen molar-refractivity contribution in [2.75, 3.05) is 12.4 Å². The highest BCUT2D eigenvalue weighted by Crippen LogP contribution is 2.19. The van der Waals surface area contributed by atoms with E-state index in [9.17, 15) is 4.79 Å². The van der Waals surface area contributed by atoms with E-state index in [0.717, 1.165) is 22.0 Å². The fourth-order valence-electron chi connectivity index (χ4n) is 1.73. The zero-order valence-electron chi connectivity index (χ0n) is 11.2. The second-order valence-electron chi connectivity index (χ2n) is 4.23. The third-order valence-corrected chi connectivity index (χ3v) is 3.61. The summed E-state index contributed by atoms with van der Waals surface area (Å²) >= 11 is 1.63. The summed E-state index contributed by atoms with van der Waals surface area (Å²) in [5.41, 5.74) is 3.56. The van der Waals surface area contributed by atoms with Crippen LogP contribution in [0.5, 0.6) is 0 Å². The first-order valence-corrected chi connectivity index (χ1v) is 6.82. The van der Waals surface area contributed by atoms with Gasteiger partial charge in [0.1, 0.15) is 0 Å². The maximum absolute atomic E-state index is 11.5. The Balaban J connectivity index is 2.12. The molecule has 5 heteroatoms. The van der Waals surface area contributed by atoms with Crippen LogP contribution < -0.4 is 5.32 Å². The van der Waals surface area contributed by atoms with Gasteiger partial charge < -0.3 is 10.1 Å². The van der Waals surface area contributed by atoms with E-state index < -0.39 is 0 Å². The van der Waals surface area contributed by atoms with Crippen molar-refractivity contribution in [1.29, 1.82) is 0 Å². The molecule has 19 heavy (non-hydrogen) atoms.